The van der Waals surface area contributed by atoms with Crippen LogP contribution in [0.2, 0.25) is 0 Å². The van der Waals surface area contributed by atoms with E-state index < -0.39 is 5.82 Å². The molecule has 1 amide bonds. The van der Waals surface area contributed by atoms with Crippen LogP contribution in [0.25, 0.3) is 0 Å². The van der Waals surface area contributed by atoms with Crippen molar-refractivity contribution >= 4 is 11.7 Å². The number of carbonyl (C=O) groups excluding carboxylic acids is 1. The predicted molar refractivity (Wildman–Crippen MR) is 73.4 cm³/mol. The molecule has 0 fully saturated rings. The molecule has 0 aromatic carbocycles. The first-order valence-corrected chi connectivity index (χ1v) is 6.37. The van der Waals surface area contributed by atoms with Crippen LogP contribution in [0.3, 0.4) is 0 Å². The zero-order valence-corrected chi connectivity index (χ0v) is 11.7. The summed E-state index contributed by atoms with van der Waals surface area (Å²) in [6.07, 6.45) is 1.74. The van der Waals surface area contributed by atoms with Crippen molar-refractivity contribution in [1.82, 2.24) is 10.3 Å². The third-order valence-corrected chi connectivity index (χ3v) is 2.52. The number of nitrogens with one attached hydrogen (secondary N) is 2. The van der Waals surface area contributed by atoms with E-state index >= 15 is 0 Å². The molecule has 0 saturated heterocycles. The standard InChI is InChI=1S/C13H20FN3O3/c1-15-12-11(8-10(14)9-17-12)13(18)16-4-3-5-20-7-6-19-2/h8-9H,3-7H2,1-2H3,(H,15,17)(H,16,18). The highest BCUT2D eigenvalue weighted by Crippen LogP contribution is 2.12. The maximum Gasteiger partial charge on any atom is 0.255 e. The molecule has 1 heterocycles. The Morgan fingerprint density at radius 3 is 2.90 bits per heavy atom. The van der Waals surface area contributed by atoms with E-state index in [9.17, 15) is 9.18 Å². The summed E-state index contributed by atoms with van der Waals surface area (Å²) in [4.78, 5) is 15.7. The van der Waals surface area contributed by atoms with Crippen LogP contribution in [0.5, 0.6) is 0 Å². The molecule has 2 N–H and O–H groups in total. The topological polar surface area (TPSA) is 72.5 Å². The van der Waals surface area contributed by atoms with E-state index in [0.29, 0.717) is 38.6 Å². The first kappa shape index (κ1) is 16.3. The summed E-state index contributed by atoms with van der Waals surface area (Å²) in [5, 5.41) is 5.45. The van der Waals surface area contributed by atoms with Gasteiger partial charge in [0.2, 0.25) is 0 Å². The molecule has 0 bridgehead atoms. The van der Waals surface area contributed by atoms with Crippen molar-refractivity contribution in [1.29, 1.82) is 0 Å². The van der Waals surface area contributed by atoms with Crippen molar-refractivity contribution in [3.63, 3.8) is 0 Å². The highest BCUT2D eigenvalue weighted by atomic mass is 19.1. The lowest BCUT2D eigenvalue weighted by Gasteiger charge is -2.09. The number of anilines is 1. The lowest BCUT2D eigenvalue weighted by atomic mass is 10.2. The molecule has 112 valence electrons. The van der Waals surface area contributed by atoms with E-state index in [1.807, 2.05) is 0 Å². The van der Waals surface area contributed by atoms with Gasteiger partial charge in [-0.2, -0.15) is 0 Å². The molecule has 1 aromatic heterocycles. The number of hydrogen-bond acceptors (Lipinski definition) is 5. The minimum atomic E-state index is -0.544. The Bertz CT molecular complexity index is 429. The average Bonchev–Trinajstić information content (AvgIpc) is 2.46. The molecular weight excluding hydrogens is 265 g/mol. The fraction of sp³-hybridized carbons (Fsp3) is 0.538. The first-order chi connectivity index (χ1) is 9.69. The van der Waals surface area contributed by atoms with Crippen LogP contribution in [0.15, 0.2) is 12.3 Å². The van der Waals surface area contributed by atoms with Crippen molar-refractivity contribution in [2.24, 2.45) is 0 Å². The van der Waals surface area contributed by atoms with Gasteiger partial charge in [0.1, 0.15) is 11.6 Å². The first-order valence-electron chi connectivity index (χ1n) is 6.37. The second-order valence-corrected chi connectivity index (χ2v) is 4.01. The summed E-state index contributed by atoms with van der Waals surface area (Å²) in [5.41, 5.74) is 0.188. The average molecular weight is 285 g/mol. The lowest BCUT2D eigenvalue weighted by Crippen LogP contribution is -2.26. The third-order valence-electron chi connectivity index (χ3n) is 2.52. The lowest BCUT2D eigenvalue weighted by molar-refractivity contribution is 0.0688. The number of carbonyl (C=O) groups is 1. The van der Waals surface area contributed by atoms with Crippen LogP contribution < -0.4 is 10.6 Å². The van der Waals surface area contributed by atoms with Crippen LogP contribution in [0, 0.1) is 5.82 Å². The number of methoxy groups -OCH3 is 1. The normalized spacial score (nSPS) is 10.3. The van der Waals surface area contributed by atoms with Crippen LogP contribution >= 0.6 is 0 Å². The molecular formula is C13H20FN3O3. The number of rotatable bonds is 9. The van der Waals surface area contributed by atoms with E-state index in [-0.39, 0.29) is 11.5 Å². The van der Waals surface area contributed by atoms with Crippen molar-refractivity contribution < 1.29 is 18.7 Å². The molecule has 0 unspecified atom stereocenters. The molecule has 0 atom stereocenters. The predicted octanol–water partition coefficient (Wildman–Crippen LogP) is 1.05. The number of amides is 1. The Balaban J connectivity index is 2.34. The molecule has 6 nitrogen and oxygen atoms in total. The van der Waals surface area contributed by atoms with Crippen molar-refractivity contribution in [2.75, 3.05) is 45.8 Å². The maximum atomic E-state index is 13.1. The molecule has 0 aliphatic carbocycles. The Hall–Kier alpha value is -1.73. The van der Waals surface area contributed by atoms with Gasteiger partial charge in [-0.15, -0.1) is 0 Å². The zero-order chi connectivity index (χ0) is 14.8. The Morgan fingerprint density at radius 1 is 1.40 bits per heavy atom. The summed E-state index contributed by atoms with van der Waals surface area (Å²) in [7, 11) is 3.23. The largest absolute Gasteiger partial charge is 0.382 e. The number of ether oxygens (including phenoxy) is 2. The molecule has 0 spiro atoms. The zero-order valence-electron chi connectivity index (χ0n) is 11.7. The van der Waals surface area contributed by atoms with Gasteiger partial charge in [-0.25, -0.2) is 9.37 Å². The van der Waals surface area contributed by atoms with Crippen molar-refractivity contribution in [3.05, 3.63) is 23.6 Å². The highest BCUT2D eigenvalue weighted by Gasteiger charge is 2.12. The van der Waals surface area contributed by atoms with Crippen LogP contribution in [0.1, 0.15) is 16.8 Å². The van der Waals surface area contributed by atoms with Crippen molar-refractivity contribution in [2.45, 2.75) is 6.42 Å². The molecule has 1 rings (SSSR count). The van der Waals surface area contributed by atoms with Gasteiger partial charge in [0.25, 0.3) is 5.91 Å². The van der Waals surface area contributed by atoms with E-state index in [0.717, 1.165) is 12.3 Å². The second-order valence-electron chi connectivity index (χ2n) is 4.01. The van der Waals surface area contributed by atoms with Gasteiger partial charge in [-0.05, 0) is 12.5 Å². The number of halogens is 1. The van der Waals surface area contributed by atoms with Gasteiger partial charge in [0.15, 0.2) is 0 Å². The fourth-order valence-electron chi connectivity index (χ4n) is 1.53. The molecule has 0 aliphatic heterocycles. The quantitative estimate of drug-likeness (QED) is 0.663. The smallest absolute Gasteiger partial charge is 0.255 e. The van der Waals surface area contributed by atoms with Crippen molar-refractivity contribution in [3.8, 4) is 0 Å². The summed E-state index contributed by atoms with van der Waals surface area (Å²) < 4.78 is 23.2. The van der Waals surface area contributed by atoms with Gasteiger partial charge < -0.3 is 20.1 Å². The monoisotopic (exact) mass is 285 g/mol. The Labute approximate surface area is 117 Å². The molecule has 0 radical (unpaired) electrons. The minimum Gasteiger partial charge on any atom is -0.382 e. The van der Waals surface area contributed by atoms with E-state index in [1.165, 1.54) is 0 Å². The second kappa shape index (κ2) is 9.22. The van der Waals surface area contributed by atoms with E-state index in [2.05, 4.69) is 15.6 Å². The summed E-state index contributed by atoms with van der Waals surface area (Å²) in [5.74, 6) is -0.560. The van der Waals surface area contributed by atoms with E-state index in [1.54, 1.807) is 14.2 Å². The van der Waals surface area contributed by atoms with Gasteiger partial charge in [0.05, 0.1) is 25.0 Å². The molecule has 0 saturated carbocycles. The van der Waals surface area contributed by atoms with E-state index in [4.69, 9.17) is 9.47 Å². The van der Waals surface area contributed by atoms with Crippen LogP contribution in [0.4, 0.5) is 10.2 Å². The highest BCUT2D eigenvalue weighted by molar-refractivity contribution is 5.98. The van der Waals surface area contributed by atoms with Gasteiger partial charge in [0, 0.05) is 27.3 Å². The number of pyridine rings is 1. The molecule has 1 aromatic rings. The minimum absolute atomic E-state index is 0.188. The van der Waals surface area contributed by atoms with Crippen LogP contribution in [-0.2, 0) is 9.47 Å². The number of nitrogens with zero attached hydrogens (tertiary/aromatic N) is 1. The van der Waals surface area contributed by atoms with Gasteiger partial charge >= 0.3 is 0 Å². The Kier molecular flexibility index (Phi) is 7.52. The summed E-state index contributed by atoms with van der Waals surface area (Å²) in [6, 6.07) is 1.16. The molecule has 20 heavy (non-hydrogen) atoms. The number of hydrogen-bond donors (Lipinski definition) is 2. The fourth-order valence-corrected chi connectivity index (χ4v) is 1.53. The maximum absolute atomic E-state index is 13.1. The summed E-state index contributed by atoms with van der Waals surface area (Å²) in [6.45, 7) is 2.06. The molecule has 7 heteroatoms. The SMILES string of the molecule is CNc1ncc(F)cc1C(=O)NCCCOCCOC. The molecule has 0 aliphatic rings. The Morgan fingerprint density at radius 2 is 2.20 bits per heavy atom. The number of aromatic nitrogens is 1. The summed E-state index contributed by atoms with van der Waals surface area (Å²) >= 11 is 0. The van der Waals surface area contributed by atoms with Gasteiger partial charge in [-0.1, -0.05) is 0 Å². The van der Waals surface area contributed by atoms with Gasteiger partial charge in [-0.3, -0.25) is 4.79 Å². The third kappa shape index (κ3) is 5.50. The van der Waals surface area contributed by atoms with Crippen LogP contribution in [-0.4, -0.2) is 51.4 Å².